The largest absolute Gasteiger partial charge is 0.426 e. The fourth-order valence-electron chi connectivity index (χ4n) is 6.09. The van der Waals surface area contributed by atoms with Crippen molar-refractivity contribution in [2.45, 2.75) is 77.7 Å². The molecule has 2 heterocycles. The monoisotopic (exact) mass is 567 g/mol. The van der Waals surface area contributed by atoms with Gasteiger partial charge in [0.15, 0.2) is 5.58 Å². The second kappa shape index (κ2) is 15.0. The first-order chi connectivity index (χ1) is 20.6. The number of fused-ring (bicyclic) bond motifs is 1. The van der Waals surface area contributed by atoms with Gasteiger partial charge < -0.3 is 9.32 Å². The smallest absolute Gasteiger partial charge is 0.405 e. The van der Waals surface area contributed by atoms with Gasteiger partial charge in [0.1, 0.15) is 5.52 Å². The molecule has 0 unspecified atom stereocenters. The molecule has 0 radical (unpaired) electrons. The van der Waals surface area contributed by atoms with Crippen LogP contribution in [-0.2, 0) is 6.54 Å². The van der Waals surface area contributed by atoms with Crippen LogP contribution in [0.4, 0.5) is 5.69 Å². The highest BCUT2D eigenvalue weighted by molar-refractivity contribution is 5.94. The number of piperazine rings is 1. The zero-order valence-corrected chi connectivity index (χ0v) is 25.1. The van der Waals surface area contributed by atoms with Crippen LogP contribution < -0.4 is 10.7 Å². The Hall–Kier alpha value is -3.64. The molecule has 1 aliphatic heterocycles. The molecule has 0 aliphatic carbocycles. The van der Waals surface area contributed by atoms with Crippen molar-refractivity contribution in [3.63, 3.8) is 0 Å². The Labute approximate surface area is 249 Å². The van der Waals surface area contributed by atoms with Crippen molar-refractivity contribution in [2.75, 3.05) is 31.1 Å². The summed E-state index contributed by atoms with van der Waals surface area (Å²) in [5.74, 6) is -0.739. The van der Waals surface area contributed by atoms with Gasteiger partial charge in [-0.1, -0.05) is 113 Å². The van der Waals surface area contributed by atoms with E-state index >= 15 is 0 Å². The van der Waals surface area contributed by atoms with Crippen LogP contribution in [-0.4, -0.2) is 41.6 Å². The lowest BCUT2D eigenvalue weighted by Crippen LogP contribution is -2.46. The number of benzene rings is 3. The Balaban J connectivity index is 1.15. The summed E-state index contributed by atoms with van der Waals surface area (Å²) in [5.41, 5.74) is 5.78. The number of anilines is 1. The number of hydrogen-bond acceptors (Lipinski definition) is 5. The molecular formula is C36H45N3O3. The molecule has 42 heavy (non-hydrogen) atoms. The van der Waals surface area contributed by atoms with Crippen molar-refractivity contribution in [3.8, 4) is 11.1 Å². The average Bonchev–Trinajstić information content (AvgIpc) is 3.37. The standard InChI is InChI=1S/C36H45N3O3/c1-2-3-4-5-6-7-8-9-13-22-34(40)39-33-21-15-20-32(35(33)42-36(39)41)38-25-23-37(24-26-38)28-29-16-14-19-31(27-29)30-17-11-10-12-18-30/h10-12,14-21,27H,2-9,13,22-26,28H2,1H3. The van der Waals surface area contributed by atoms with Gasteiger partial charge in [-0.25, -0.2) is 9.36 Å². The topological polar surface area (TPSA) is 58.7 Å². The molecule has 3 aromatic carbocycles. The Morgan fingerprint density at radius 2 is 1.40 bits per heavy atom. The van der Waals surface area contributed by atoms with E-state index < -0.39 is 5.76 Å². The maximum atomic E-state index is 13.0. The van der Waals surface area contributed by atoms with Crippen LogP contribution in [0.25, 0.3) is 22.2 Å². The van der Waals surface area contributed by atoms with E-state index in [9.17, 15) is 9.59 Å². The van der Waals surface area contributed by atoms with Gasteiger partial charge in [0.25, 0.3) is 0 Å². The molecule has 1 fully saturated rings. The summed E-state index contributed by atoms with van der Waals surface area (Å²) in [4.78, 5) is 30.6. The number of rotatable bonds is 14. The Bertz CT molecular complexity index is 1480. The van der Waals surface area contributed by atoms with Crippen LogP contribution in [0, 0.1) is 0 Å². The van der Waals surface area contributed by atoms with Gasteiger partial charge in [0, 0.05) is 39.1 Å². The van der Waals surface area contributed by atoms with Crippen LogP contribution in [0.2, 0.25) is 0 Å². The minimum atomic E-state index is -0.574. The second-order valence-electron chi connectivity index (χ2n) is 11.6. The van der Waals surface area contributed by atoms with Gasteiger partial charge in [0.05, 0.1) is 5.69 Å². The number of carbonyl (C=O) groups is 1. The zero-order valence-electron chi connectivity index (χ0n) is 25.1. The lowest BCUT2D eigenvalue weighted by molar-refractivity contribution is 0.0895. The molecule has 1 saturated heterocycles. The molecule has 0 atom stereocenters. The first kappa shape index (κ1) is 29.8. The van der Waals surface area contributed by atoms with E-state index in [1.165, 1.54) is 59.8 Å². The minimum absolute atomic E-state index is 0.165. The van der Waals surface area contributed by atoms with Crippen LogP contribution in [0.3, 0.4) is 0 Å². The highest BCUT2D eigenvalue weighted by Crippen LogP contribution is 2.28. The molecule has 1 aliphatic rings. The summed E-state index contributed by atoms with van der Waals surface area (Å²) in [7, 11) is 0. The van der Waals surface area contributed by atoms with E-state index in [0.29, 0.717) is 17.5 Å². The van der Waals surface area contributed by atoms with Crippen molar-refractivity contribution < 1.29 is 9.21 Å². The first-order valence-corrected chi connectivity index (χ1v) is 15.9. The molecular weight excluding hydrogens is 522 g/mol. The molecule has 0 spiro atoms. The number of unbranched alkanes of at least 4 members (excludes halogenated alkanes) is 8. The van der Waals surface area contributed by atoms with E-state index in [1.807, 2.05) is 24.3 Å². The van der Waals surface area contributed by atoms with E-state index in [4.69, 9.17) is 4.42 Å². The third-order valence-electron chi connectivity index (χ3n) is 8.48. The molecule has 1 aromatic heterocycles. The third kappa shape index (κ3) is 7.60. The second-order valence-corrected chi connectivity index (χ2v) is 11.6. The third-order valence-corrected chi connectivity index (χ3v) is 8.48. The molecule has 0 saturated carbocycles. The van der Waals surface area contributed by atoms with Gasteiger partial charge in [-0.2, -0.15) is 0 Å². The maximum absolute atomic E-state index is 13.0. The number of hydrogen-bond donors (Lipinski definition) is 0. The van der Waals surface area contributed by atoms with Gasteiger partial charge in [0.2, 0.25) is 5.91 Å². The normalized spacial score (nSPS) is 14.1. The SMILES string of the molecule is CCCCCCCCCCCC(=O)n1c(=O)oc2c(N3CCN(Cc4cccc(-c5ccccc5)c4)CC3)cccc21. The summed E-state index contributed by atoms with van der Waals surface area (Å²) in [6, 6.07) is 25.0. The van der Waals surface area contributed by atoms with Gasteiger partial charge >= 0.3 is 5.76 Å². The summed E-state index contributed by atoms with van der Waals surface area (Å²) >= 11 is 0. The summed E-state index contributed by atoms with van der Waals surface area (Å²) < 4.78 is 6.95. The van der Waals surface area contributed by atoms with Crippen LogP contribution in [0.5, 0.6) is 0 Å². The molecule has 6 nitrogen and oxygen atoms in total. The van der Waals surface area contributed by atoms with E-state index in [0.717, 1.165) is 57.7 Å². The fraction of sp³-hybridized carbons (Fsp3) is 0.444. The lowest BCUT2D eigenvalue weighted by atomic mass is 10.0. The average molecular weight is 568 g/mol. The number of carbonyl (C=O) groups excluding carboxylic acids is 1. The first-order valence-electron chi connectivity index (χ1n) is 15.9. The highest BCUT2D eigenvalue weighted by Gasteiger charge is 2.23. The lowest BCUT2D eigenvalue weighted by Gasteiger charge is -2.36. The van der Waals surface area contributed by atoms with E-state index in [-0.39, 0.29) is 5.91 Å². The van der Waals surface area contributed by atoms with Crippen LogP contribution in [0.15, 0.2) is 82.0 Å². The van der Waals surface area contributed by atoms with Gasteiger partial charge in [-0.15, -0.1) is 0 Å². The summed E-state index contributed by atoms with van der Waals surface area (Å²) in [5, 5.41) is 0. The minimum Gasteiger partial charge on any atom is -0.405 e. The molecule has 6 heteroatoms. The summed E-state index contributed by atoms with van der Waals surface area (Å²) in [6.07, 6.45) is 11.1. The Morgan fingerprint density at radius 3 is 2.14 bits per heavy atom. The Morgan fingerprint density at radius 1 is 0.738 bits per heavy atom. The van der Waals surface area contributed by atoms with Gasteiger partial charge in [-0.3, -0.25) is 9.69 Å². The zero-order chi connectivity index (χ0) is 29.1. The number of aromatic nitrogens is 1. The van der Waals surface area contributed by atoms with Crippen LogP contribution in [0.1, 0.15) is 81.5 Å². The molecule has 0 N–H and O–H groups in total. The van der Waals surface area contributed by atoms with Crippen molar-refractivity contribution in [1.29, 1.82) is 0 Å². The number of oxazole rings is 1. The molecule has 0 amide bonds. The van der Waals surface area contributed by atoms with Crippen molar-refractivity contribution in [3.05, 3.63) is 88.9 Å². The summed E-state index contributed by atoms with van der Waals surface area (Å²) in [6.45, 7) is 6.62. The van der Waals surface area contributed by atoms with E-state index in [2.05, 4.69) is 65.3 Å². The van der Waals surface area contributed by atoms with E-state index in [1.54, 1.807) is 0 Å². The highest BCUT2D eigenvalue weighted by atomic mass is 16.4. The maximum Gasteiger partial charge on any atom is 0.426 e. The van der Waals surface area contributed by atoms with Crippen molar-refractivity contribution in [2.24, 2.45) is 0 Å². The number of nitrogens with zero attached hydrogens (tertiary/aromatic N) is 3. The molecule has 222 valence electrons. The van der Waals surface area contributed by atoms with Crippen LogP contribution >= 0.6 is 0 Å². The van der Waals surface area contributed by atoms with Gasteiger partial charge in [-0.05, 0) is 41.3 Å². The quantitative estimate of drug-likeness (QED) is 0.144. The predicted molar refractivity (Wildman–Crippen MR) is 172 cm³/mol. The Kier molecular flexibility index (Phi) is 10.7. The molecule has 0 bridgehead atoms. The van der Waals surface area contributed by atoms with Crippen molar-refractivity contribution >= 4 is 22.7 Å². The van der Waals surface area contributed by atoms with Crippen molar-refractivity contribution in [1.82, 2.24) is 9.47 Å². The number of para-hydroxylation sites is 1. The fourth-order valence-corrected chi connectivity index (χ4v) is 6.09. The predicted octanol–water partition coefficient (Wildman–Crippen LogP) is 8.14. The molecule has 4 aromatic rings. The molecule has 5 rings (SSSR count).